The number of rotatable bonds is 7. The van der Waals surface area contributed by atoms with Crippen LogP contribution in [0, 0.1) is 0 Å². The summed E-state index contributed by atoms with van der Waals surface area (Å²) in [6.45, 7) is 2.28. The van der Waals surface area contributed by atoms with Gasteiger partial charge in [0, 0.05) is 23.3 Å². The molecule has 0 radical (unpaired) electrons. The number of fused-ring (bicyclic) bond motifs is 1. The Morgan fingerprint density at radius 2 is 2.00 bits per heavy atom. The monoisotopic (exact) mass is 451 g/mol. The van der Waals surface area contributed by atoms with Gasteiger partial charge in [-0.25, -0.2) is 18.1 Å². The van der Waals surface area contributed by atoms with E-state index in [0.29, 0.717) is 47.7 Å². The summed E-state index contributed by atoms with van der Waals surface area (Å²) in [4.78, 5) is 22.1. The number of nitrogens with one attached hydrogen (secondary N) is 1. The quantitative estimate of drug-likeness (QED) is 0.586. The molecule has 2 aliphatic rings. The molecule has 2 heterocycles. The predicted octanol–water partition coefficient (Wildman–Crippen LogP) is 3.83. The molecule has 166 valence electrons. The fourth-order valence-corrected chi connectivity index (χ4v) is 5.62. The number of hydrogen-bond donors (Lipinski definition) is 1. The van der Waals surface area contributed by atoms with E-state index in [9.17, 15) is 13.2 Å². The van der Waals surface area contributed by atoms with E-state index in [2.05, 4.69) is 14.7 Å². The van der Waals surface area contributed by atoms with Crippen LogP contribution < -0.4 is 9.46 Å². The van der Waals surface area contributed by atoms with Gasteiger partial charge in [0.15, 0.2) is 0 Å². The van der Waals surface area contributed by atoms with Crippen molar-refractivity contribution in [3.8, 4) is 5.88 Å². The topological polar surface area (TPSA) is 98.2 Å². The number of sulfonamides is 1. The van der Waals surface area contributed by atoms with Gasteiger partial charge in [0.2, 0.25) is 11.8 Å². The highest BCUT2D eigenvalue weighted by molar-refractivity contribution is 7.90. The maximum Gasteiger partial charge on any atom is 0.264 e. The van der Waals surface area contributed by atoms with Crippen LogP contribution in [-0.4, -0.2) is 30.9 Å². The van der Waals surface area contributed by atoms with Crippen LogP contribution in [-0.2, 0) is 20.2 Å². The molecular formula is C24H25N3O4S. The van der Waals surface area contributed by atoms with Crippen LogP contribution in [0.15, 0.2) is 53.7 Å². The highest BCUT2D eigenvalue weighted by Gasteiger charge is 2.54. The Morgan fingerprint density at radius 3 is 2.69 bits per heavy atom. The molecule has 1 aromatic carbocycles. The van der Waals surface area contributed by atoms with Crippen LogP contribution in [0.3, 0.4) is 0 Å². The molecule has 1 N–H and O–H groups in total. The van der Waals surface area contributed by atoms with Crippen molar-refractivity contribution in [2.45, 2.75) is 55.3 Å². The van der Waals surface area contributed by atoms with Gasteiger partial charge in [-0.05, 0) is 74.4 Å². The van der Waals surface area contributed by atoms with Crippen molar-refractivity contribution in [3.05, 3.63) is 59.9 Å². The summed E-state index contributed by atoms with van der Waals surface area (Å²) < 4.78 is 34.5. The van der Waals surface area contributed by atoms with E-state index in [1.807, 2.05) is 19.2 Å². The summed E-state index contributed by atoms with van der Waals surface area (Å²) in [6.07, 6.45) is 7.95. The first-order chi connectivity index (χ1) is 15.4. The third-order valence-electron chi connectivity index (χ3n) is 6.55. The lowest BCUT2D eigenvalue weighted by atomic mass is 9.79. The third kappa shape index (κ3) is 3.52. The minimum absolute atomic E-state index is 0.0404. The molecule has 1 amide bonds. The molecular weight excluding hydrogens is 426 g/mol. The first kappa shape index (κ1) is 20.9. The lowest BCUT2D eigenvalue weighted by molar-refractivity contribution is -0.121. The first-order valence-electron chi connectivity index (χ1n) is 11.0. The number of pyridine rings is 2. The Labute approximate surface area is 187 Å². The molecule has 7 nitrogen and oxygen atoms in total. The van der Waals surface area contributed by atoms with Gasteiger partial charge in [-0.1, -0.05) is 12.5 Å². The van der Waals surface area contributed by atoms with Crippen molar-refractivity contribution in [2.75, 3.05) is 6.61 Å². The largest absolute Gasteiger partial charge is 0.478 e. The van der Waals surface area contributed by atoms with Crippen molar-refractivity contribution >= 4 is 26.8 Å². The van der Waals surface area contributed by atoms with Gasteiger partial charge in [0.05, 0.1) is 22.4 Å². The molecule has 0 unspecified atom stereocenters. The van der Waals surface area contributed by atoms with Crippen molar-refractivity contribution in [1.82, 2.24) is 14.7 Å². The number of carbonyl (C=O) groups excluding carboxylic acids is 1. The van der Waals surface area contributed by atoms with Gasteiger partial charge in [-0.2, -0.15) is 0 Å². The SMILES string of the molecule is CCOc1ncc(C2CCC2)cc1C1(C(=O)NS(=O)(=O)c2cccc3ncccc23)CC1. The third-order valence-corrected chi connectivity index (χ3v) is 7.94. The summed E-state index contributed by atoms with van der Waals surface area (Å²) in [7, 11) is -4.08. The molecule has 3 aromatic rings. The Balaban J connectivity index is 1.49. The molecule has 2 fully saturated rings. The molecule has 2 aliphatic carbocycles. The van der Waals surface area contributed by atoms with E-state index < -0.39 is 21.3 Å². The Morgan fingerprint density at radius 1 is 1.19 bits per heavy atom. The second-order valence-electron chi connectivity index (χ2n) is 8.53. The maximum absolute atomic E-state index is 13.4. The number of amides is 1. The molecule has 32 heavy (non-hydrogen) atoms. The van der Waals surface area contributed by atoms with Crippen molar-refractivity contribution in [2.24, 2.45) is 0 Å². The second-order valence-corrected chi connectivity index (χ2v) is 10.2. The van der Waals surface area contributed by atoms with Gasteiger partial charge in [0.25, 0.3) is 10.0 Å². The Bertz CT molecular complexity index is 1290. The number of nitrogens with zero attached hydrogens (tertiary/aromatic N) is 2. The Hall–Kier alpha value is -3.00. The number of carbonyl (C=O) groups is 1. The highest BCUT2D eigenvalue weighted by atomic mass is 32.2. The average Bonchev–Trinajstić information content (AvgIpc) is 3.55. The molecule has 0 saturated heterocycles. The van der Waals surface area contributed by atoms with Crippen LogP contribution in [0.2, 0.25) is 0 Å². The summed E-state index contributed by atoms with van der Waals surface area (Å²) in [5.41, 5.74) is 1.40. The maximum atomic E-state index is 13.4. The van der Waals surface area contributed by atoms with Crippen LogP contribution in [0.4, 0.5) is 0 Å². The van der Waals surface area contributed by atoms with Crippen LogP contribution >= 0.6 is 0 Å². The number of hydrogen-bond acceptors (Lipinski definition) is 6. The highest BCUT2D eigenvalue weighted by Crippen LogP contribution is 2.52. The summed E-state index contributed by atoms with van der Waals surface area (Å²) >= 11 is 0. The molecule has 5 rings (SSSR count). The van der Waals surface area contributed by atoms with Crippen molar-refractivity contribution < 1.29 is 17.9 Å². The van der Waals surface area contributed by atoms with Crippen LogP contribution in [0.1, 0.15) is 56.1 Å². The van der Waals surface area contributed by atoms with Gasteiger partial charge >= 0.3 is 0 Å². The zero-order valence-corrected chi connectivity index (χ0v) is 18.7. The molecule has 0 aliphatic heterocycles. The first-order valence-corrected chi connectivity index (χ1v) is 12.5. The van der Waals surface area contributed by atoms with E-state index in [4.69, 9.17) is 4.74 Å². The van der Waals surface area contributed by atoms with Crippen LogP contribution in [0.5, 0.6) is 5.88 Å². The van der Waals surface area contributed by atoms with Crippen molar-refractivity contribution in [3.63, 3.8) is 0 Å². The van der Waals surface area contributed by atoms with E-state index >= 15 is 0 Å². The van der Waals surface area contributed by atoms with Gasteiger partial charge in [-0.3, -0.25) is 9.78 Å². The molecule has 2 aromatic heterocycles. The number of aromatic nitrogens is 2. The normalized spacial score (nSPS) is 17.5. The summed E-state index contributed by atoms with van der Waals surface area (Å²) in [6, 6.07) is 10.2. The predicted molar refractivity (Wildman–Crippen MR) is 120 cm³/mol. The molecule has 0 spiro atoms. The summed E-state index contributed by atoms with van der Waals surface area (Å²) in [5, 5.41) is 0.476. The number of ether oxygens (including phenoxy) is 1. The number of benzene rings is 1. The zero-order valence-electron chi connectivity index (χ0n) is 17.9. The minimum atomic E-state index is -4.08. The smallest absolute Gasteiger partial charge is 0.264 e. The standard InChI is InChI=1S/C24H25N3O4S/c1-2-31-22-19(14-17(15-26-22)16-6-3-7-16)24(11-12-24)23(28)27-32(29,30)21-10-4-9-20-18(21)8-5-13-25-20/h4-5,8-10,13-16H,2-3,6-7,11-12H2,1H3,(H,27,28). The van der Waals surface area contributed by atoms with E-state index in [-0.39, 0.29) is 4.90 Å². The van der Waals surface area contributed by atoms with Gasteiger partial charge in [0.1, 0.15) is 0 Å². The average molecular weight is 452 g/mol. The molecule has 0 bridgehead atoms. The van der Waals surface area contributed by atoms with E-state index in [0.717, 1.165) is 18.4 Å². The second kappa shape index (κ2) is 7.85. The summed E-state index contributed by atoms with van der Waals surface area (Å²) in [5.74, 6) is 0.324. The minimum Gasteiger partial charge on any atom is -0.478 e. The van der Waals surface area contributed by atoms with E-state index in [1.54, 1.807) is 30.5 Å². The Kier molecular flexibility index (Phi) is 5.12. The van der Waals surface area contributed by atoms with Crippen molar-refractivity contribution in [1.29, 1.82) is 0 Å². The zero-order chi connectivity index (χ0) is 22.3. The lowest BCUT2D eigenvalue weighted by Crippen LogP contribution is -2.39. The van der Waals surface area contributed by atoms with Gasteiger partial charge in [-0.15, -0.1) is 0 Å². The molecule has 0 atom stereocenters. The molecule has 2 saturated carbocycles. The lowest BCUT2D eigenvalue weighted by Gasteiger charge is -2.27. The van der Waals surface area contributed by atoms with E-state index in [1.165, 1.54) is 12.5 Å². The van der Waals surface area contributed by atoms with Gasteiger partial charge < -0.3 is 4.74 Å². The fourth-order valence-electron chi connectivity index (χ4n) is 4.36. The molecule has 8 heteroatoms. The fraction of sp³-hybridized carbons (Fsp3) is 0.375. The van der Waals surface area contributed by atoms with Crippen LogP contribution in [0.25, 0.3) is 10.9 Å².